The largest absolute Gasteiger partial charge is 0.339 e. The van der Waals surface area contributed by atoms with Crippen molar-refractivity contribution in [2.45, 2.75) is 52.5 Å². The van der Waals surface area contributed by atoms with Crippen molar-refractivity contribution in [1.82, 2.24) is 10.1 Å². The van der Waals surface area contributed by atoms with E-state index < -0.39 is 0 Å². The second-order valence-corrected chi connectivity index (χ2v) is 4.43. The third-order valence-electron chi connectivity index (χ3n) is 2.53. The van der Waals surface area contributed by atoms with Crippen molar-refractivity contribution < 1.29 is 4.52 Å². The molecule has 1 aromatic heterocycles. The van der Waals surface area contributed by atoms with Crippen molar-refractivity contribution in [2.75, 3.05) is 0 Å². The van der Waals surface area contributed by atoms with E-state index in [0.29, 0.717) is 11.8 Å². The quantitative estimate of drug-likeness (QED) is 0.810. The Balaban J connectivity index is 2.82. The first-order chi connectivity index (χ1) is 7.06. The summed E-state index contributed by atoms with van der Waals surface area (Å²) in [6, 6.07) is 0.0416. The fourth-order valence-corrected chi connectivity index (χ4v) is 1.85. The minimum atomic E-state index is 0.0416. The molecular formula is C11H21N3O. The third kappa shape index (κ3) is 3.02. The molecule has 15 heavy (non-hydrogen) atoms. The van der Waals surface area contributed by atoms with Crippen LogP contribution in [0, 0.1) is 5.92 Å². The average molecular weight is 211 g/mol. The molecule has 0 aromatic carbocycles. The molecule has 1 rings (SSSR count). The van der Waals surface area contributed by atoms with Gasteiger partial charge >= 0.3 is 0 Å². The van der Waals surface area contributed by atoms with Crippen LogP contribution in [0.2, 0.25) is 0 Å². The van der Waals surface area contributed by atoms with Crippen molar-refractivity contribution >= 4 is 0 Å². The van der Waals surface area contributed by atoms with Crippen LogP contribution < -0.4 is 5.73 Å². The molecule has 0 aliphatic carbocycles. The predicted molar refractivity (Wildman–Crippen MR) is 59.5 cm³/mol. The van der Waals surface area contributed by atoms with Gasteiger partial charge in [-0.05, 0) is 19.3 Å². The van der Waals surface area contributed by atoms with Gasteiger partial charge in [0.15, 0.2) is 5.82 Å². The van der Waals surface area contributed by atoms with E-state index in [-0.39, 0.29) is 12.0 Å². The second-order valence-electron chi connectivity index (χ2n) is 4.43. The Hall–Kier alpha value is -0.900. The second kappa shape index (κ2) is 5.26. The molecule has 4 nitrogen and oxygen atoms in total. The summed E-state index contributed by atoms with van der Waals surface area (Å²) >= 11 is 0. The van der Waals surface area contributed by atoms with Gasteiger partial charge in [-0.2, -0.15) is 4.98 Å². The number of aryl methyl sites for hydroxylation is 1. The summed E-state index contributed by atoms with van der Waals surface area (Å²) in [7, 11) is 0. The Kier molecular flexibility index (Phi) is 4.27. The molecule has 0 aliphatic rings. The highest BCUT2D eigenvalue weighted by Gasteiger charge is 2.25. The Bertz CT molecular complexity index is 286. The standard InChI is InChI=1S/C11H21N3O/c1-5-6-9-13-11(15-14-9)10(7(2)3)8(4)12/h7-8,10H,5-6,12H2,1-4H3. The van der Waals surface area contributed by atoms with E-state index in [0.717, 1.165) is 18.7 Å². The lowest BCUT2D eigenvalue weighted by Crippen LogP contribution is -2.28. The zero-order valence-corrected chi connectivity index (χ0v) is 10.0. The van der Waals surface area contributed by atoms with Crippen LogP contribution in [-0.4, -0.2) is 16.2 Å². The summed E-state index contributed by atoms with van der Waals surface area (Å²) in [5.41, 5.74) is 5.93. The van der Waals surface area contributed by atoms with Crippen molar-refractivity contribution in [3.8, 4) is 0 Å². The molecule has 4 heteroatoms. The molecule has 1 aromatic rings. The van der Waals surface area contributed by atoms with Crippen LogP contribution in [0.25, 0.3) is 0 Å². The number of hydrogen-bond acceptors (Lipinski definition) is 4. The van der Waals surface area contributed by atoms with Crippen LogP contribution in [0.5, 0.6) is 0 Å². The Morgan fingerprint density at radius 1 is 1.33 bits per heavy atom. The molecule has 2 atom stereocenters. The van der Waals surface area contributed by atoms with Crippen molar-refractivity contribution in [2.24, 2.45) is 11.7 Å². The first-order valence-electron chi connectivity index (χ1n) is 5.64. The number of nitrogens with zero attached hydrogens (tertiary/aromatic N) is 2. The van der Waals surface area contributed by atoms with Gasteiger partial charge < -0.3 is 10.3 Å². The maximum atomic E-state index is 5.93. The van der Waals surface area contributed by atoms with Gasteiger partial charge in [0, 0.05) is 12.5 Å². The summed E-state index contributed by atoms with van der Waals surface area (Å²) < 4.78 is 5.26. The van der Waals surface area contributed by atoms with E-state index in [1.807, 2.05) is 6.92 Å². The fourth-order valence-electron chi connectivity index (χ4n) is 1.85. The SMILES string of the molecule is CCCc1noc(C(C(C)C)C(C)N)n1. The molecule has 0 saturated carbocycles. The molecule has 0 radical (unpaired) electrons. The summed E-state index contributed by atoms with van der Waals surface area (Å²) in [6.07, 6.45) is 1.90. The van der Waals surface area contributed by atoms with Crippen LogP contribution in [0.4, 0.5) is 0 Å². The molecule has 0 amide bonds. The highest BCUT2D eigenvalue weighted by molar-refractivity contribution is 4.99. The molecule has 0 fully saturated rings. The maximum Gasteiger partial charge on any atom is 0.231 e. The van der Waals surface area contributed by atoms with E-state index in [4.69, 9.17) is 10.3 Å². The van der Waals surface area contributed by atoms with Gasteiger partial charge in [0.25, 0.3) is 0 Å². The Morgan fingerprint density at radius 2 is 2.00 bits per heavy atom. The minimum Gasteiger partial charge on any atom is -0.339 e. The summed E-state index contributed by atoms with van der Waals surface area (Å²) in [5, 5.41) is 3.95. The summed E-state index contributed by atoms with van der Waals surface area (Å²) in [6.45, 7) is 8.32. The zero-order chi connectivity index (χ0) is 11.4. The molecule has 86 valence electrons. The summed E-state index contributed by atoms with van der Waals surface area (Å²) in [4.78, 5) is 4.39. The van der Waals surface area contributed by atoms with E-state index >= 15 is 0 Å². The average Bonchev–Trinajstić information content (AvgIpc) is 2.52. The van der Waals surface area contributed by atoms with E-state index in [2.05, 4.69) is 30.9 Å². The summed E-state index contributed by atoms with van der Waals surface area (Å²) in [5.74, 6) is 2.05. The smallest absolute Gasteiger partial charge is 0.231 e. The van der Waals surface area contributed by atoms with Crippen molar-refractivity contribution in [1.29, 1.82) is 0 Å². The fraction of sp³-hybridized carbons (Fsp3) is 0.818. The number of hydrogen-bond donors (Lipinski definition) is 1. The molecule has 0 saturated heterocycles. The van der Waals surface area contributed by atoms with Gasteiger partial charge in [-0.1, -0.05) is 25.9 Å². The van der Waals surface area contributed by atoms with Crippen molar-refractivity contribution in [3.05, 3.63) is 11.7 Å². The minimum absolute atomic E-state index is 0.0416. The third-order valence-corrected chi connectivity index (χ3v) is 2.53. The van der Waals surface area contributed by atoms with E-state index in [9.17, 15) is 0 Å². The highest BCUT2D eigenvalue weighted by atomic mass is 16.5. The zero-order valence-electron chi connectivity index (χ0n) is 10.0. The molecule has 0 aliphatic heterocycles. The Labute approximate surface area is 91.2 Å². The van der Waals surface area contributed by atoms with Crippen LogP contribution in [0.3, 0.4) is 0 Å². The van der Waals surface area contributed by atoms with Gasteiger partial charge in [0.1, 0.15) is 0 Å². The van der Waals surface area contributed by atoms with Gasteiger partial charge in [-0.15, -0.1) is 0 Å². The normalized spacial score (nSPS) is 15.6. The van der Waals surface area contributed by atoms with Crippen LogP contribution in [-0.2, 0) is 6.42 Å². The molecule has 2 unspecified atom stereocenters. The predicted octanol–water partition coefficient (Wildman–Crippen LogP) is 2.11. The van der Waals surface area contributed by atoms with E-state index in [1.54, 1.807) is 0 Å². The topological polar surface area (TPSA) is 64.9 Å². The van der Waals surface area contributed by atoms with Gasteiger partial charge in [-0.25, -0.2) is 0 Å². The van der Waals surface area contributed by atoms with Crippen molar-refractivity contribution in [3.63, 3.8) is 0 Å². The molecule has 2 N–H and O–H groups in total. The molecular weight excluding hydrogens is 190 g/mol. The lowest BCUT2D eigenvalue weighted by molar-refractivity contribution is 0.298. The molecule has 1 heterocycles. The van der Waals surface area contributed by atoms with Crippen LogP contribution in [0.15, 0.2) is 4.52 Å². The van der Waals surface area contributed by atoms with Gasteiger partial charge in [-0.3, -0.25) is 0 Å². The Morgan fingerprint density at radius 3 is 2.47 bits per heavy atom. The molecule has 0 bridgehead atoms. The number of aromatic nitrogens is 2. The highest BCUT2D eigenvalue weighted by Crippen LogP contribution is 2.25. The van der Waals surface area contributed by atoms with Gasteiger partial charge in [0.05, 0.1) is 5.92 Å². The lowest BCUT2D eigenvalue weighted by Gasteiger charge is -2.20. The van der Waals surface area contributed by atoms with E-state index in [1.165, 1.54) is 0 Å². The van der Waals surface area contributed by atoms with Crippen LogP contribution in [0.1, 0.15) is 51.7 Å². The monoisotopic (exact) mass is 211 g/mol. The first kappa shape index (κ1) is 12.2. The van der Waals surface area contributed by atoms with Gasteiger partial charge in [0.2, 0.25) is 5.89 Å². The number of rotatable bonds is 5. The number of nitrogens with two attached hydrogens (primary N) is 1. The van der Waals surface area contributed by atoms with Crippen LogP contribution >= 0.6 is 0 Å². The first-order valence-corrected chi connectivity index (χ1v) is 5.64. The molecule has 0 spiro atoms. The maximum absolute atomic E-state index is 5.93. The lowest BCUT2D eigenvalue weighted by atomic mass is 9.90.